The predicted octanol–water partition coefficient (Wildman–Crippen LogP) is 4.14. The highest BCUT2D eigenvalue weighted by atomic mass is 32.2. The van der Waals surface area contributed by atoms with Gasteiger partial charge in [0.1, 0.15) is 27.1 Å². The van der Waals surface area contributed by atoms with Crippen LogP contribution >= 0.6 is 11.3 Å². The van der Waals surface area contributed by atoms with Gasteiger partial charge in [0.25, 0.3) is 0 Å². The molecule has 0 atom stereocenters. The standard InChI is InChI=1S/C26H28N4O3S2/c1-29(21-8-12-35(31,32)13-9-21)10-6-20-15-30(25-16-34-17-27-25)26-22(20)3-4-23(28-26)18-2-5-24-19(14-18)7-11-33-24/h2-5,14-17,21H,6-13H2,1H3. The molecule has 0 bridgehead atoms. The molecule has 0 aliphatic carbocycles. The van der Waals surface area contributed by atoms with Crippen LogP contribution in [-0.2, 0) is 22.7 Å². The second-order valence-electron chi connectivity index (χ2n) is 9.47. The van der Waals surface area contributed by atoms with E-state index in [0.29, 0.717) is 17.5 Å². The Bertz CT molecular complexity index is 1460. The molecule has 0 saturated carbocycles. The van der Waals surface area contributed by atoms with E-state index in [-0.39, 0.29) is 0 Å². The minimum Gasteiger partial charge on any atom is -0.493 e. The molecule has 0 radical (unpaired) electrons. The van der Waals surface area contributed by atoms with E-state index in [2.05, 4.69) is 52.0 Å². The highest BCUT2D eigenvalue weighted by Crippen LogP contribution is 2.32. The number of rotatable bonds is 6. The number of fused-ring (bicyclic) bond motifs is 2. The summed E-state index contributed by atoms with van der Waals surface area (Å²) in [6.45, 7) is 1.61. The first-order valence-electron chi connectivity index (χ1n) is 12.0. The first-order valence-corrected chi connectivity index (χ1v) is 14.8. The number of thiazole rings is 1. The van der Waals surface area contributed by atoms with Gasteiger partial charge in [-0.1, -0.05) is 0 Å². The van der Waals surface area contributed by atoms with E-state index in [1.54, 1.807) is 11.3 Å². The fraction of sp³-hybridized carbons (Fsp3) is 0.385. The molecule has 9 heteroatoms. The van der Waals surface area contributed by atoms with Crippen LogP contribution in [0, 0.1) is 0 Å². The molecule has 2 aliphatic heterocycles. The van der Waals surface area contributed by atoms with Crippen LogP contribution < -0.4 is 4.74 Å². The molecule has 0 amide bonds. The van der Waals surface area contributed by atoms with Crippen molar-refractivity contribution < 1.29 is 13.2 Å². The first-order chi connectivity index (χ1) is 17.0. The summed E-state index contributed by atoms with van der Waals surface area (Å²) < 4.78 is 31.4. The van der Waals surface area contributed by atoms with E-state index < -0.39 is 9.84 Å². The highest BCUT2D eigenvalue weighted by molar-refractivity contribution is 7.91. The Labute approximate surface area is 209 Å². The maximum absolute atomic E-state index is 11.8. The van der Waals surface area contributed by atoms with Crippen molar-refractivity contribution in [2.75, 3.05) is 31.7 Å². The van der Waals surface area contributed by atoms with Crippen molar-refractivity contribution in [2.45, 2.75) is 31.7 Å². The summed E-state index contributed by atoms with van der Waals surface area (Å²) in [5.74, 6) is 2.45. The van der Waals surface area contributed by atoms with Crippen molar-refractivity contribution in [1.29, 1.82) is 0 Å². The first kappa shape index (κ1) is 22.7. The quantitative estimate of drug-likeness (QED) is 0.390. The van der Waals surface area contributed by atoms with Crippen LogP contribution in [0.1, 0.15) is 24.0 Å². The van der Waals surface area contributed by atoms with Crippen LogP contribution in [0.15, 0.2) is 47.4 Å². The van der Waals surface area contributed by atoms with Gasteiger partial charge < -0.3 is 9.64 Å². The Morgan fingerprint density at radius 2 is 2.06 bits per heavy atom. The van der Waals surface area contributed by atoms with Crippen LogP contribution in [-0.4, -0.2) is 65.6 Å². The summed E-state index contributed by atoms with van der Waals surface area (Å²) in [4.78, 5) is 11.9. The van der Waals surface area contributed by atoms with Crippen molar-refractivity contribution >= 4 is 32.2 Å². The number of hydrogen-bond donors (Lipinski definition) is 0. The van der Waals surface area contributed by atoms with Crippen molar-refractivity contribution in [1.82, 2.24) is 19.4 Å². The third-order valence-electron chi connectivity index (χ3n) is 7.27. The van der Waals surface area contributed by atoms with Gasteiger partial charge in [-0.3, -0.25) is 4.57 Å². The molecule has 4 aromatic rings. The Morgan fingerprint density at radius 1 is 1.20 bits per heavy atom. The molecule has 3 aromatic heterocycles. The smallest absolute Gasteiger partial charge is 0.150 e. The summed E-state index contributed by atoms with van der Waals surface area (Å²) in [7, 11) is -0.741. The molecule has 35 heavy (non-hydrogen) atoms. The lowest BCUT2D eigenvalue weighted by Gasteiger charge is -2.31. The van der Waals surface area contributed by atoms with E-state index in [4.69, 9.17) is 9.72 Å². The van der Waals surface area contributed by atoms with Crippen LogP contribution in [0.5, 0.6) is 5.75 Å². The fourth-order valence-corrected chi connectivity index (χ4v) is 7.16. The molecule has 1 fully saturated rings. The molecule has 0 N–H and O–H groups in total. The molecular formula is C26H28N4O3S2. The second-order valence-corrected chi connectivity index (χ2v) is 12.5. The number of benzene rings is 1. The van der Waals surface area contributed by atoms with Gasteiger partial charge in [0.05, 0.1) is 29.3 Å². The van der Waals surface area contributed by atoms with Gasteiger partial charge >= 0.3 is 0 Å². The van der Waals surface area contributed by atoms with Gasteiger partial charge in [-0.05, 0) is 67.8 Å². The Morgan fingerprint density at radius 3 is 2.86 bits per heavy atom. The van der Waals surface area contributed by atoms with Gasteiger partial charge in [0.2, 0.25) is 0 Å². The van der Waals surface area contributed by atoms with Crippen LogP contribution in [0.4, 0.5) is 0 Å². The van der Waals surface area contributed by atoms with Gasteiger partial charge in [-0.2, -0.15) is 0 Å². The Balaban J connectivity index is 1.30. The van der Waals surface area contributed by atoms with Gasteiger partial charge in [-0.15, -0.1) is 11.3 Å². The lowest BCUT2D eigenvalue weighted by Crippen LogP contribution is -2.39. The van der Waals surface area contributed by atoms with Crippen molar-refractivity contribution in [3.63, 3.8) is 0 Å². The third-order valence-corrected chi connectivity index (χ3v) is 9.56. The Kier molecular flexibility index (Phi) is 5.86. The zero-order chi connectivity index (χ0) is 24.0. The topological polar surface area (TPSA) is 77.3 Å². The minimum absolute atomic E-state index is 0.298. The summed E-state index contributed by atoms with van der Waals surface area (Å²) >= 11 is 1.57. The third kappa shape index (κ3) is 4.48. The SMILES string of the molecule is CN(CCc1cn(-c2cscn2)c2nc(-c3ccc4c(c3)CCO4)ccc12)C1CCS(=O)(=O)CC1. The number of aromatic nitrogens is 3. The van der Waals surface area contributed by atoms with Crippen molar-refractivity contribution in [2.24, 2.45) is 0 Å². The molecule has 0 unspecified atom stereocenters. The number of pyridine rings is 1. The average molecular weight is 509 g/mol. The molecular weight excluding hydrogens is 480 g/mol. The molecule has 5 heterocycles. The van der Waals surface area contributed by atoms with E-state index in [1.165, 1.54) is 11.1 Å². The van der Waals surface area contributed by atoms with E-state index in [1.807, 2.05) is 17.0 Å². The van der Waals surface area contributed by atoms with Gasteiger partial charge in [0, 0.05) is 41.5 Å². The highest BCUT2D eigenvalue weighted by Gasteiger charge is 2.26. The fourth-order valence-electron chi connectivity index (χ4n) is 5.17. The summed E-state index contributed by atoms with van der Waals surface area (Å²) in [5.41, 5.74) is 7.25. The molecule has 1 aromatic carbocycles. The molecule has 7 nitrogen and oxygen atoms in total. The number of hydrogen-bond acceptors (Lipinski definition) is 7. The van der Waals surface area contributed by atoms with E-state index in [0.717, 1.165) is 72.7 Å². The zero-order valence-electron chi connectivity index (χ0n) is 19.7. The molecule has 6 rings (SSSR count). The number of ether oxygens (including phenoxy) is 1. The molecule has 182 valence electrons. The average Bonchev–Trinajstić information content (AvgIpc) is 3.61. The Hall–Kier alpha value is -2.75. The minimum atomic E-state index is -2.85. The van der Waals surface area contributed by atoms with Crippen LogP contribution in [0.3, 0.4) is 0 Å². The van der Waals surface area contributed by atoms with Crippen molar-refractivity contribution in [3.05, 3.63) is 58.5 Å². The largest absolute Gasteiger partial charge is 0.493 e. The number of likely N-dealkylation sites (N-methyl/N-ethyl adjacent to an activating group) is 1. The maximum atomic E-state index is 11.8. The molecule has 2 aliphatic rings. The molecule has 0 spiro atoms. The van der Waals surface area contributed by atoms with Crippen LogP contribution in [0.25, 0.3) is 28.1 Å². The monoisotopic (exact) mass is 508 g/mol. The van der Waals surface area contributed by atoms with Crippen molar-refractivity contribution in [3.8, 4) is 22.8 Å². The van der Waals surface area contributed by atoms with E-state index >= 15 is 0 Å². The normalized spacial score (nSPS) is 17.7. The second kappa shape index (κ2) is 9.04. The van der Waals surface area contributed by atoms with Crippen LogP contribution in [0.2, 0.25) is 0 Å². The lowest BCUT2D eigenvalue weighted by atomic mass is 10.0. The van der Waals surface area contributed by atoms with Gasteiger partial charge in [-0.25, -0.2) is 18.4 Å². The predicted molar refractivity (Wildman–Crippen MR) is 139 cm³/mol. The number of sulfone groups is 1. The summed E-state index contributed by atoms with van der Waals surface area (Å²) in [5, 5.41) is 3.17. The molecule has 1 saturated heterocycles. The summed E-state index contributed by atoms with van der Waals surface area (Å²) in [6.07, 6.45) is 5.40. The maximum Gasteiger partial charge on any atom is 0.150 e. The summed E-state index contributed by atoms with van der Waals surface area (Å²) in [6, 6.07) is 10.9. The zero-order valence-corrected chi connectivity index (χ0v) is 21.3. The van der Waals surface area contributed by atoms with E-state index in [9.17, 15) is 8.42 Å². The lowest BCUT2D eigenvalue weighted by molar-refractivity contribution is 0.229. The number of nitrogens with zero attached hydrogens (tertiary/aromatic N) is 4. The van der Waals surface area contributed by atoms with Gasteiger partial charge in [0.15, 0.2) is 0 Å².